The molecular formula is C20H20N4O2. The lowest BCUT2D eigenvalue weighted by atomic mass is 9.83. The van der Waals surface area contributed by atoms with Crippen molar-refractivity contribution in [2.75, 3.05) is 7.05 Å². The van der Waals surface area contributed by atoms with Gasteiger partial charge in [0.25, 0.3) is 0 Å². The lowest BCUT2D eigenvalue weighted by Gasteiger charge is -2.27. The standard InChI is InChI=1S/C20H20N4O2/c1-24(13-18-22-19(23-26-18)15-8-10-21-11-9-15)20(25)17-7-6-14-4-2-3-5-16(14)12-17/h2-5,8-11,17H,6-7,12-13H2,1H3. The second-order valence-corrected chi connectivity index (χ2v) is 6.65. The first-order valence-electron chi connectivity index (χ1n) is 8.75. The minimum Gasteiger partial charge on any atom is -0.337 e. The van der Waals surface area contributed by atoms with Crippen LogP contribution in [0.2, 0.25) is 0 Å². The first kappa shape index (κ1) is 16.4. The predicted molar refractivity (Wildman–Crippen MR) is 96.0 cm³/mol. The van der Waals surface area contributed by atoms with E-state index in [-0.39, 0.29) is 11.8 Å². The molecule has 0 aliphatic heterocycles. The molecule has 1 aliphatic rings. The third kappa shape index (κ3) is 3.35. The topological polar surface area (TPSA) is 72.1 Å². The largest absolute Gasteiger partial charge is 0.337 e. The van der Waals surface area contributed by atoms with Gasteiger partial charge < -0.3 is 9.42 Å². The zero-order valence-corrected chi connectivity index (χ0v) is 14.6. The molecule has 1 aromatic carbocycles. The summed E-state index contributed by atoms with van der Waals surface area (Å²) in [7, 11) is 1.79. The van der Waals surface area contributed by atoms with Crippen LogP contribution in [0.1, 0.15) is 23.4 Å². The summed E-state index contributed by atoms with van der Waals surface area (Å²) >= 11 is 0. The average molecular weight is 348 g/mol. The number of amides is 1. The first-order chi connectivity index (χ1) is 12.7. The Morgan fingerprint density at radius 2 is 1.96 bits per heavy atom. The molecular weight excluding hydrogens is 328 g/mol. The summed E-state index contributed by atoms with van der Waals surface area (Å²) in [5, 5.41) is 3.99. The fraction of sp³-hybridized carbons (Fsp3) is 0.300. The fourth-order valence-electron chi connectivity index (χ4n) is 3.44. The lowest BCUT2D eigenvalue weighted by Crippen LogP contribution is -2.35. The Kier molecular flexibility index (Phi) is 4.48. The number of aromatic nitrogens is 3. The van der Waals surface area contributed by atoms with E-state index in [2.05, 4.69) is 33.3 Å². The van der Waals surface area contributed by atoms with Gasteiger partial charge in [-0.15, -0.1) is 0 Å². The molecule has 6 nitrogen and oxygen atoms in total. The smallest absolute Gasteiger partial charge is 0.246 e. The number of rotatable bonds is 4. The molecule has 3 aromatic rings. The van der Waals surface area contributed by atoms with Gasteiger partial charge in [0.2, 0.25) is 17.6 Å². The van der Waals surface area contributed by atoms with Gasteiger partial charge in [-0.25, -0.2) is 0 Å². The molecule has 4 rings (SSSR count). The maximum Gasteiger partial charge on any atom is 0.246 e. The highest BCUT2D eigenvalue weighted by molar-refractivity contribution is 5.79. The van der Waals surface area contributed by atoms with Crippen LogP contribution < -0.4 is 0 Å². The van der Waals surface area contributed by atoms with E-state index in [9.17, 15) is 4.79 Å². The summed E-state index contributed by atoms with van der Waals surface area (Å²) in [5.41, 5.74) is 3.48. The van der Waals surface area contributed by atoms with E-state index >= 15 is 0 Å². The number of aryl methyl sites for hydroxylation is 1. The summed E-state index contributed by atoms with van der Waals surface area (Å²) < 4.78 is 5.31. The van der Waals surface area contributed by atoms with E-state index < -0.39 is 0 Å². The number of pyridine rings is 1. The molecule has 0 fully saturated rings. The monoisotopic (exact) mass is 348 g/mol. The Morgan fingerprint density at radius 3 is 2.77 bits per heavy atom. The molecule has 0 spiro atoms. The van der Waals surface area contributed by atoms with Crippen molar-refractivity contribution in [1.82, 2.24) is 20.0 Å². The molecule has 2 aromatic heterocycles. The van der Waals surface area contributed by atoms with E-state index in [1.807, 2.05) is 18.2 Å². The van der Waals surface area contributed by atoms with Crippen LogP contribution in [-0.2, 0) is 24.2 Å². The number of benzene rings is 1. The van der Waals surface area contributed by atoms with Crippen LogP contribution in [0.15, 0.2) is 53.3 Å². The number of hydrogen-bond acceptors (Lipinski definition) is 5. The molecule has 1 aliphatic carbocycles. The second-order valence-electron chi connectivity index (χ2n) is 6.65. The second kappa shape index (κ2) is 7.07. The number of carbonyl (C=O) groups is 1. The van der Waals surface area contributed by atoms with Crippen molar-refractivity contribution in [3.63, 3.8) is 0 Å². The zero-order chi connectivity index (χ0) is 17.9. The summed E-state index contributed by atoms with van der Waals surface area (Å²) in [6.07, 6.45) is 5.99. The summed E-state index contributed by atoms with van der Waals surface area (Å²) in [6, 6.07) is 12.0. The van der Waals surface area contributed by atoms with Crippen molar-refractivity contribution in [1.29, 1.82) is 0 Å². The van der Waals surface area contributed by atoms with E-state index in [1.54, 1.807) is 24.3 Å². The van der Waals surface area contributed by atoms with Crippen molar-refractivity contribution in [2.24, 2.45) is 5.92 Å². The van der Waals surface area contributed by atoms with Crippen molar-refractivity contribution in [2.45, 2.75) is 25.8 Å². The molecule has 1 amide bonds. The Morgan fingerprint density at radius 1 is 1.19 bits per heavy atom. The lowest BCUT2D eigenvalue weighted by molar-refractivity contribution is -0.135. The molecule has 0 radical (unpaired) electrons. The number of hydrogen-bond donors (Lipinski definition) is 0. The SMILES string of the molecule is CN(Cc1nc(-c2ccncc2)no1)C(=O)C1CCc2ccccc2C1. The van der Waals surface area contributed by atoms with E-state index in [0.717, 1.165) is 24.8 Å². The van der Waals surface area contributed by atoms with Crippen molar-refractivity contribution in [3.05, 3.63) is 65.8 Å². The number of carbonyl (C=O) groups excluding carboxylic acids is 1. The van der Waals surface area contributed by atoms with Crippen LogP contribution in [-0.4, -0.2) is 33.0 Å². The maximum absolute atomic E-state index is 12.8. The predicted octanol–water partition coefficient (Wildman–Crippen LogP) is 2.90. The molecule has 132 valence electrons. The van der Waals surface area contributed by atoms with Crippen molar-refractivity contribution < 1.29 is 9.32 Å². The highest BCUT2D eigenvalue weighted by Crippen LogP contribution is 2.27. The normalized spacial score (nSPS) is 16.1. The van der Waals surface area contributed by atoms with Gasteiger partial charge >= 0.3 is 0 Å². The van der Waals surface area contributed by atoms with Gasteiger partial charge in [0.15, 0.2) is 0 Å². The summed E-state index contributed by atoms with van der Waals surface area (Å²) in [6.45, 7) is 0.315. The summed E-state index contributed by atoms with van der Waals surface area (Å²) in [4.78, 5) is 22.9. The van der Waals surface area contributed by atoms with Gasteiger partial charge in [0.1, 0.15) is 0 Å². The molecule has 0 N–H and O–H groups in total. The van der Waals surface area contributed by atoms with Crippen LogP contribution in [0, 0.1) is 5.92 Å². The van der Waals surface area contributed by atoms with Crippen LogP contribution in [0.25, 0.3) is 11.4 Å². The molecule has 1 atom stereocenters. The molecule has 0 saturated heterocycles. The fourth-order valence-corrected chi connectivity index (χ4v) is 3.44. The Hall–Kier alpha value is -3.02. The van der Waals surface area contributed by atoms with Gasteiger partial charge in [-0.2, -0.15) is 4.98 Å². The Labute approximate surface area is 151 Å². The minimum absolute atomic E-state index is 0.0116. The quantitative estimate of drug-likeness (QED) is 0.725. The van der Waals surface area contributed by atoms with Gasteiger partial charge in [0, 0.05) is 30.9 Å². The van der Waals surface area contributed by atoms with Crippen LogP contribution in [0.4, 0.5) is 0 Å². The zero-order valence-electron chi connectivity index (χ0n) is 14.6. The third-order valence-corrected chi connectivity index (χ3v) is 4.85. The molecule has 0 bridgehead atoms. The number of nitrogens with zero attached hydrogens (tertiary/aromatic N) is 4. The van der Waals surface area contributed by atoms with Crippen molar-refractivity contribution >= 4 is 5.91 Å². The van der Waals surface area contributed by atoms with Crippen LogP contribution >= 0.6 is 0 Å². The first-order valence-corrected chi connectivity index (χ1v) is 8.75. The molecule has 2 heterocycles. The number of fused-ring (bicyclic) bond motifs is 1. The molecule has 0 saturated carbocycles. The van der Waals surface area contributed by atoms with Gasteiger partial charge in [0.05, 0.1) is 6.54 Å². The maximum atomic E-state index is 12.8. The highest BCUT2D eigenvalue weighted by atomic mass is 16.5. The van der Waals surface area contributed by atoms with E-state index in [4.69, 9.17) is 4.52 Å². The summed E-state index contributed by atoms with van der Waals surface area (Å²) in [5.74, 6) is 1.08. The molecule has 6 heteroatoms. The van der Waals surface area contributed by atoms with Gasteiger partial charge in [-0.1, -0.05) is 29.4 Å². The highest BCUT2D eigenvalue weighted by Gasteiger charge is 2.27. The van der Waals surface area contributed by atoms with Gasteiger partial charge in [-0.05, 0) is 42.5 Å². The average Bonchev–Trinajstić information content (AvgIpc) is 3.16. The third-order valence-electron chi connectivity index (χ3n) is 4.85. The van der Waals surface area contributed by atoms with Crippen LogP contribution in [0.5, 0.6) is 0 Å². The molecule has 1 unspecified atom stereocenters. The van der Waals surface area contributed by atoms with E-state index in [1.165, 1.54) is 11.1 Å². The van der Waals surface area contributed by atoms with E-state index in [0.29, 0.717) is 18.3 Å². The molecule has 26 heavy (non-hydrogen) atoms. The van der Waals surface area contributed by atoms with Gasteiger partial charge in [-0.3, -0.25) is 9.78 Å². The Bertz CT molecular complexity index is 907. The van der Waals surface area contributed by atoms with Crippen molar-refractivity contribution in [3.8, 4) is 11.4 Å². The van der Waals surface area contributed by atoms with Crippen LogP contribution in [0.3, 0.4) is 0 Å². The Balaban J connectivity index is 1.42. The minimum atomic E-state index is 0.0116.